The van der Waals surface area contributed by atoms with Gasteiger partial charge in [-0.3, -0.25) is 14.6 Å². The normalized spacial score (nSPS) is 13.2. The number of nitrogens with zero attached hydrogens (tertiary/aromatic N) is 2. The molecule has 192 valence electrons. The number of anilines is 1. The third kappa shape index (κ3) is 8.41. The molecule has 0 saturated carbocycles. The van der Waals surface area contributed by atoms with Gasteiger partial charge in [0.05, 0.1) is 50.6 Å². The summed E-state index contributed by atoms with van der Waals surface area (Å²) in [6, 6.07) is 18.1. The van der Waals surface area contributed by atoms with Crippen LogP contribution in [0.1, 0.15) is 24.8 Å². The van der Waals surface area contributed by atoms with Gasteiger partial charge in [0.2, 0.25) is 11.8 Å². The Bertz CT molecular complexity index is 1140. The average molecular weight is 492 g/mol. The van der Waals surface area contributed by atoms with Crippen molar-refractivity contribution in [1.82, 2.24) is 10.3 Å². The maximum absolute atomic E-state index is 13.2. The second-order valence-corrected chi connectivity index (χ2v) is 9.91. The van der Waals surface area contributed by atoms with Crippen molar-refractivity contribution >= 4 is 28.4 Å². The first-order valence-electron chi connectivity index (χ1n) is 12.5. The fraction of sp³-hybridized carbons (Fsp3) is 0.393. The van der Waals surface area contributed by atoms with Crippen LogP contribution in [0.15, 0.2) is 66.9 Å². The molecular weight excluding hydrogens is 452 g/mol. The van der Waals surface area contributed by atoms with Gasteiger partial charge in [-0.2, -0.15) is 0 Å². The van der Waals surface area contributed by atoms with Crippen LogP contribution in [0, 0.1) is 0 Å². The van der Waals surface area contributed by atoms with Gasteiger partial charge in [0, 0.05) is 11.9 Å². The molecule has 0 spiro atoms. The molecule has 0 unspecified atom stereocenters. The second-order valence-electron chi connectivity index (χ2n) is 9.91. The monoisotopic (exact) mass is 491 g/mol. The number of nitrogens with two attached hydrogens (primary N) is 2. The third-order valence-electron chi connectivity index (χ3n) is 6.41. The third-order valence-corrected chi connectivity index (χ3v) is 6.41. The lowest BCUT2D eigenvalue weighted by Gasteiger charge is -2.29. The predicted molar refractivity (Wildman–Crippen MR) is 145 cm³/mol. The molecule has 0 aliphatic carbocycles. The Morgan fingerprint density at radius 3 is 2.44 bits per heavy atom. The largest absolute Gasteiger partial charge is 0.343 e. The number of nitrogens with one attached hydrogen (secondary N) is 2. The fourth-order valence-electron chi connectivity index (χ4n) is 4.20. The first-order chi connectivity index (χ1) is 17.3. The zero-order valence-electron chi connectivity index (χ0n) is 21.3. The maximum atomic E-state index is 13.2. The van der Waals surface area contributed by atoms with Gasteiger partial charge in [-0.05, 0) is 43.4 Å². The number of benzene rings is 2. The minimum absolute atomic E-state index is 0.288. The highest BCUT2D eigenvalue weighted by Crippen LogP contribution is 2.17. The van der Waals surface area contributed by atoms with Crippen molar-refractivity contribution in [1.29, 1.82) is 0 Å². The van der Waals surface area contributed by atoms with E-state index in [-0.39, 0.29) is 11.8 Å². The van der Waals surface area contributed by atoms with E-state index in [9.17, 15) is 9.59 Å². The van der Waals surface area contributed by atoms with Gasteiger partial charge in [0.1, 0.15) is 6.04 Å². The summed E-state index contributed by atoms with van der Waals surface area (Å²) in [5.74, 6) is -0.603. The van der Waals surface area contributed by atoms with Gasteiger partial charge in [-0.1, -0.05) is 48.5 Å². The zero-order valence-corrected chi connectivity index (χ0v) is 21.3. The summed E-state index contributed by atoms with van der Waals surface area (Å²) >= 11 is 0. The second kappa shape index (κ2) is 13.1. The lowest BCUT2D eigenvalue weighted by Crippen LogP contribution is -2.50. The number of likely N-dealkylation sites (N-methyl/N-ethyl adjacent to an activating group) is 1. The molecule has 2 amide bonds. The molecule has 6 N–H and O–H groups in total. The Morgan fingerprint density at radius 2 is 1.69 bits per heavy atom. The highest BCUT2D eigenvalue weighted by molar-refractivity contribution is 5.98. The van der Waals surface area contributed by atoms with Gasteiger partial charge < -0.3 is 26.6 Å². The number of quaternary nitrogens is 1. The highest BCUT2D eigenvalue weighted by Gasteiger charge is 2.25. The lowest BCUT2D eigenvalue weighted by atomic mass is 10.0. The molecule has 3 aromatic rings. The summed E-state index contributed by atoms with van der Waals surface area (Å²) in [7, 11) is 4.23. The molecule has 1 heterocycles. The van der Waals surface area contributed by atoms with Crippen LogP contribution in [0.5, 0.6) is 0 Å². The molecule has 2 atom stereocenters. The SMILES string of the molecule is C[N+](C)(CCN)CCC[C@H](N)C(=O)N[C@@H](CCc1ccccc1)C(=O)Nc1cnc2ccccc2c1. The summed E-state index contributed by atoms with van der Waals surface area (Å²) in [4.78, 5) is 30.6. The van der Waals surface area contributed by atoms with Gasteiger partial charge in [-0.15, -0.1) is 0 Å². The van der Waals surface area contributed by atoms with Crippen molar-refractivity contribution in [3.63, 3.8) is 0 Å². The van der Waals surface area contributed by atoms with Crippen molar-refractivity contribution in [3.8, 4) is 0 Å². The number of pyridine rings is 1. The molecule has 0 aliphatic heterocycles. The van der Waals surface area contributed by atoms with E-state index >= 15 is 0 Å². The molecule has 8 heteroatoms. The Hall–Kier alpha value is -3.33. The molecule has 0 bridgehead atoms. The number of rotatable bonds is 13. The zero-order chi connectivity index (χ0) is 26.0. The van der Waals surface area contributed by atoms with Crippen molar-refractivity contribution in [2.45, 2.75) is 37.8 Å². The van der Waals surface area contributed by atoms with E-state index in [1.165, 1.54) is 0 Å². The Kier molecular flexibility index (Phi) is 9.93. The molecule has 36 heavy (non-hydrogen) atoms. The summed E-state index contributed by atoms with van der Waals surface area (Å²) < 4.78 is 0.784. The summed E-state index contributed by atoms with van der Waals surface area (Å²) in [6.45, 7) is 2.36. The van der Waals surface area contributed by atoms with Crippen LogP contribution in [-0.2, 0) is 16.0 Å². The molecule has 8 nitrogen and oxygen atoms in total. The average Bonchev–Trinajstić information content (AvgIpc) is 2.86. The quantitative estimate of drug-likeness (QED) is 0.274. The Balaban J connectivity index is 1.64. The first-order valence-corrected chi connectivity index (χ1v) is 12.5. The predicted octanol–water partition coefficient (Wildman–Crippen LogP) is 2.43. The molecule has 0 aliphatic rings. The number of amides is 2. The first kappa shape index (κ1) is 27.3. The van der Waals surface area contributed by atoms with Gasteiger partial charge in [0.25, 0.3) is 0 Å². The van der Waals surface area contributed by atoms with Crippen LogP contribution in [0.25, 0.3) is 10.9 Å². The van der Waals surface area contributed by atoms with Crippen LogP contribution in [0.3, 0.4) is 0 Å². The van der Waals surface area contributed by atoms with Crippen LogP contribution in [0.4, 0.5) is 5.69 Å². The van der Waals surface area contributed by atoms with Gasteiger partial charge in [0.15, 0.2) is 0 Å². The number of carbonyl (C=O) groups excluding carboxylic acids is 2. The van der Waals surface area contributed by atoms with E-state index in [4.69, 9.17) is 11.5 Å². The highest BCUT2D eigenvalue weighted by atomic mass is 16.2. The minimum Gasteiger partial charge on any atom is -0.343 e. The number of aryl methyl sites for hydroxylation is 1. The van der Waals surface area contributed by atoms with Crippen LogP contribution in [-0.4, -0.2) is 67.1 Å². The number of aromatic nitrogens is 1. The van der Waals surface area contributed by atoms with E-state index in [1.54, 1.807) is 6.20 Å². The number of hydrogen-bond donors (Lipinski definition) is 4. The minimum atomic E-state index is -0.723. The van der Waals surface area contributed by atoms with E-state index in [0.717, 1.165) is 40.5 Å². The lowest BCUT2D eigenvalue weighted by molar-refractivity contribution is -0.889. The number of fused-ring (bicyclic) bond motifs is 1. The van der Waals surface area contributed by atoms with E-state index in [1.807, 2.05) is 60.7 Å². The van der Waals surface area contributed by atoms with Crippen molar-refractivity contribution < 1.29 is 14.1 Å². The van der Waals surface area contributed by atoms with Crippen molar-refractivity contribution in [2.24, 2.45) is 11.5 Å². The van der Waals surface area contributed by atoms with E-state index < -0.39 is 12.1 Å². The smallest absolute Gasteiger partial charge is 0.247 e. The standard InChI is InChI=1S/C28H38N6O2/c1-34(2,18-16-29)17-8-12-24(30)27(35)33-26(15-14-21-9-4-3-5-10-21)28(36)32-23-19-22-11-6-7-13-25(22)31-20-23/h3-7,9-11,13,19-20,24,26H,8,12,14-18,29-30H2,1-2H3,(H-,32,33,35,36)/p+1/t24-,26-/m0/s1. The topological polar surface area (TPSA) is 123 Å². The summed E-state index contributed by atoms with van der Waals surface area (Å²) in [5, 5.41) is 6.74. The number of carbonyl (C=O) groups is 2. The molecule has 0 radical (unpaired) electrons. The summed E-state index contributed by atoms with van der Waals surface area (Å²) in [5.41, 5.74) is 14.4. The number of para-hydroxylation sites is 1. The fourth-order valence-corrected chi connectivity index (χ4v) is 4.20. The molecule has 0 fully saturated rings. The Morgan fingerprint density at radius 1 is 0.972 bits per heavy atom. The van der Waals surface area contributed by atoms with Gasteiger partial charge in [-0.25, -0.2) is 0 Å². The molecule has 0 saturated heterocycles. The summed E-state index contributed by atoms with van der Waals surface area (Å²) in [6.07, 6.45) is 4.07. The number of hydrogen-bond acceptors (Lipinski definition) is 5. The van der Waals surface area contributed by atoms with Crippen LogP contribution < -0.4 is 22.1 Å². The Labute approximate surface area is 213 Å². The van der Waals surface area contributed by atoms with E-state index in [2.05, 4.69) is 29.7 Å². The molecule has 3 rings (SSSR count). The molecular formula is C28H39N6O2+. The van der Waals surface area contributed by atoms with Gasteiger partial charge >= 0.3 is 0 Å². The van der Waals surface area contributed by atoms with Crippen LogP contribution in [0.2, 0.25) is 0 Å². The van der Waals surface area contributed by atoms with Crippen LogP contribution >= 0.6 is 0 Å². The maximum Gasteiger partial charge on any atom is 0.247 e. The van der Waals surface area contributed by atoms with Crippen molar-refractivity contribution in [2.75, 3.05) is 39.0 Å². The van der Waals surface area contributed by atoms with Crippen molar-refractivity contribution in [3.05, 3.63) is 72.4 Å². The van der Waals surface area contributed by atoms with E-state index in [0.29, 0.717) is 31.5 Å². The molecule has 1 aromatic heterocycles. The molecule has 2 aromatic carbocycles.